The number of rotatable bonds is 5. The van der Waals surface area contributed by atoms with E-state index in [1.165, 1.54) is 13.2 Å². The number of ether oxygens (including phenoxy) is 1. The van der Waals surface area contributed by atoms with E-state index in [1.807, 2.05) is 24.3 Å². The number of nitrogens with one attached hydrogen (secondary N) is 1. The summed E-state index contributed by atoms with van der Waals surface area (Å²) in [5.74, 6) is -0.176. The van der Waals surface area contributed by atoms with E-state index in [1.54, 1.807) is 12.1 Å². The molecule has 0 bridgehead atoms. The lowest BCUT2D eigenvalue weighted by Gasteiger charge is -2.19. The molecule has 2 rings (SSSR count). The molecule has 0 heterocycles. The highest BCUT2D eigenvalue weighted by molar-refractivity contribution is 9.10. The van der Waals surface area contributed by atoms with Crippen LogP contribution >= 0.6 is 15.9 Å². The minimum Gasteiger partial charge on any atom is -0.494 e. The summed E-state index contributed by atoms with van der Waals surface area (Å²) < 4.78 is 19.3. The van der Waals surface area contributed by atoms with Crippen molar-refractivity contribution in [2.45, 2.75) is 6.04 Å². The van der Waals surface area contributed by atoms with Crippen LogP contribution in [0, 0.1) is 5.82 Å². The molecular weight excluding hydrogens is 323 g/mol. The first-order chi connectivity index (χ1) is 9.63. The van der Waals surface area contributed by atoms with Crippen molar-refractivity contribution in [3.8, 4) is 5.75 Å². The molecule has 1 atom stereocenters. The van der Waals surface area contributed by atoms with Crippen LogP contribution in [0.3, 0.4) is 0 Å². The lowest BCUT2D eigenvalue weighted by Crippen LogP contribution is -2.20. The molecule has 0 saturated carbocycles. The summed E-state index contributed by atoms with van der Waals surface area (Å²) >= 11 is 3.44. The molecule has 0 amide bonds. The first kappa shape index (κ1) is 14.8. The predicted molar refractivity (Wildman–Crippen MR) is 82.5 cm³/mol. The zero-order valence-corrected chi connectivity index (χ0v) is 12.7. The summed E-state index contributed by atoms with van der Waals surface area (Å²) in [6, 6.07) is 12.5. The van der Waals surface area contributed by atoms with Crippen LogP contribution in [-0.2, 0) is 0 Å². The molecule has 0 radical (unpaired) electrons. The van der Waals surface area contributed by atoms with Gasteiger partial charge in [-0.2, -0.15) is 0 Å². The summed E-state index contributed by atoms with van der Waals surface area (Å²) in [7, 11) is 1.44. The highest BCUT2D eigenvalue weighted by atomic mass is 79.9. The van der Waals surface area contributed by atoms with Crippen molar-refractivity contribution in [3.63, 3.8) is 0 Å². The number of benzene rings is 2. The normalized spacial score (nSPS) is 12.0. The van der Waals surface area contributed by atoms with E-state index in [9.17, 15) is 4.39 Å². The smallest absolute Gasteiger partial charge is 0.165 e. The van der Waals surface area contributed by atoms with Crippen LogP contribution in [0.2, 0.25) is 0 Å². The Labute approximate surface area is 126 Å². The minimum atomic E-state index is -0.384. The molecule has 0 saturated heterocycles. The number of hydrogen-bond donors (Lipinski definition) is 2. The summed E-state index contributed by atoms with van der Waals surface area (Å²) in [4.78, 5) is 0. The topological polar surface area (TPSA) is 47.3 Å². The van der Waals surface area contributed by atoms with Gasteiger partial charge in [-0.1, -0.05) is 28.1 Å². The average Bonchev–Trinajstić information content (AvgIpc) is 2.46. The first-order valence-electron chi connectivity index (χ1n) is 6.19. The Morgan fingerprint density at radius 1 is 1.30 bits per heavy atom. The van der Waals surface area contributed by atoms with Crippen molar-refractivity contribution in [2.24, 2.45) is 5.73 Å². The number of nitrogens with two attached hydrogens (primary N) is 1. The highest BCUT2D eigenvalue weighted by Crippen LogP contribution is 2.26. The Morgan fingerprint density at radius 2 is 2.10 bits per heavy atom. The van der Waals surface area contributed by atoms with Gasteiger partial charge in [-0.15, -0.1) is 0 Å². The SMILES string of the molecule is COc1cc(NC(CN)c2cccc(Br)c2)ccc1F. The maximum absolute atomic E-state index is 13.4. The maximum atomic E-state index is 13.4. The molecule has 0 aromatic heterocycles. The summed E-state index contributed by atoms with van der Waals surface area (Å²) in [5, 5.41) is 3.28. The molecule has 3 N–H and O–H groups in total. The van der Waals surface area contributed by atoms with Gasteiger partial charge in [0.05, 0.1) is 13.2 Å². The Bertz CT molecular complexity index is 592. The molecule has 2 aromatic carbocycles. The van der Waals surface area contributed by atoms with Gasteiger partial charge in [0.1, 0.15) is 0 Å². The summed E-state index contributed by atoms with van der Waals surface area (Å²) in [6.45, 7) is 0.427. The van der Waals surface area contributed by atoms with Crippen LogP contribution in [0.1, 0.15) is 11.6 Å². The molecule has 20 heavy (non-hydrogen) atoms. The fourth-order valence-electron chi connectivity index (χ4n) is 1.95. The van der Waals surface area contributed by atoms with Crippen LogP contribution in [0.15, 0.2) is 46.9 Å². The van der Waals surface area contributed by atoms with Crippen molar-refractivity contribution in [2.75, 3.05) is 19.0 Å². The van der Waals surface area contributed by atoms with Crippen LogP contribution in [0.5, 0.6) is 5.75 Å². The lowest BCUT2D eigenvalue weighted by atomic mass is 10.1. The predicted octanol–water partition coefficient (Wildman–Crippen LogP) is 3.71. The van der Waals surface area contributed by atoms with Crippen LogP contribution in [0.4, 0.5) is 10.1 Å². The third-order valence-electron chi connectivity index (χ3n) is 2.98. The van der Waals surface area contributed by atoms with Crippen molar-refractivity contribution in [3.05, 3.63) is 58.3 Å². The number of methoxy groups -OCH3 is 1. The van der Waals surface area contributed by atoms with E-state index < -0.39 is 0 Å². The van der Waals surface area contributed by atoms with Crippen molar-refractivity contribution in [1.82, 2.24) is 0 Å². The quantitative estimate of drug-likeness (QED) is 0.873. The Hall–Kier alpha value is -1.59. The van der Waals surface area contributed by atoms with Gasteiger partial charge < -0.3 is 15.8 Å². The molecular formula is C15H16BrFN2O. The van der Waals surface area contributed by atoms with Crippen LogP contribution in [0.25, 0.3) is 0 Å². The van der Waals surface area contributed by atoms with Gasteiger partial charge in [-0.3, -0.25) is 0 Å². The van der Waals surface area contributed by atoms with Gasteiger partial charge in [-0.25, -0.2) is 4.39 Å². The second kappa shape index (κ2) is 6.72. The van der Waals surface area contributed by atoms with E-state index in [-0.39, 0.29) is 17.6 Å². The second-order valence-corrected chi connectivity index (χ2v) is 5.25. The third kappa shape index (κ3) is 3.49. The number of hydrogen-bond acceptors (Lipinski definition) is 3. The van der Waals surface area contributed by atoms with E-state index in [0.717, 1.165) is 15.7 Å². The van der Waals surface area contributed by atoms with Crippen molar-refractivity contribution < 1.29 is 9.13 Å². The zero-order valence-electron chi connectivity index (χ0n) is 11.1. The first-order valence-corrected chi connectivity index (χ1v) is 6.99. The van der Waals surface area contributed by atoms with Crippen molar-refractivity contribution in [1.29, 1.82) is 0 Å². The largest absolute Gasteiger partial charge is 0.494 e. The summed E-state index contributed by atoms with van der Waals surface area (Å²) in [6.07, 6.45) is 0. The van der Waals surface area contributed by atoms with E-state index in [2.05, 4.69) is 21.2 Å². The molecule has 0 aliphatic rings. The Morgan fingerprint density at radius 3 is 2.75 bits per heavy atom. The van der Waals surface area contributed by atoms with Gasteiger partial charge in [0.25, 0.3) is 0 Å². The number of halogens is 2. The van der Waals surface area contributed by atoms with Gasteiger partial charge >= 0.3 is 0 Å². The highest BCUT2D eigenvalue weighted by Gasteiger charge is 2.11. The standard InChI is InChI=1S/C15H16BrFN2O/c1-20-15-8-12(5-6-13(15)17)19-14(9-18)10-3-2-4-11(16)7-10/h2-8,14,19H,9,18H2,1H3. The molecule has 106 valence electrons. The lowest BCUT2D eigenvalue weighted by molar-refractivity contribution is 0.386. The maximum Gasteiger partial charge on any atom is 0.165 e. The molecule has 0 fully saturated rings. The Kier molecular flexibility index (Phi) is 4.98. The molecule has 0 aliphatic carbocycles. The zero-order chi connectivity index (χ0) is 14.5. The molecule has 5 heteroatoms. The van der Waals surface area contributed by atoms with Crippen LogP contribution in [-0.4, -0.2) is 13.7 Å². The third-order valence-corrected chi connectivity index (χ3v) is 3.47. The van der Waals surface area contributed by atoms with Gasteiger partial charge in [0.15, 0.2) is 11.6 Å². The van der Waals surface area contributed by atoms with Gasteiger partial charge in [0, 0.05) is 22.8 Å². The van der Waals surface area contributed by atoms with E-state index in [4.69, 9.17) is 10.5 Å². The minimum absolute atomic E-state index is 0.0531. The van der Waals surface area contributed by atoms with Gasteiger partial charge in [-0.05, 0) is 29.8 Å². The van der Waals surface area contributed by atoms with Gasteiger partial charge in [0.2, 0.25) is 0 Å². The van der Waals surface area contributed by atoms with E-state index in [0.29, 0.717) is 6.54 Å². The molecule has 0 aliphatic heterocycles. The molecule has 2 aromatic rings. The average molecular weight is 339 g/mol. The molecule has 0 spiro atoms. The van der Waals surface area contributed by atoms with Crippen LogP contribution < -0.4 is 15.8 Å². The fourth-order valence-corrected chi connectivity index (χ4v) is 2.37. The fraction of sp³-hybridized carbons (Fsp3) is 0.200. The Balaban J connectivity index is 2.22. The number of anilines is 1. The van der Waals surface area contributed by atoms with Crippen molar-refractivity contribution >= 4 is 21.6 Å². The van der Waals surface area contributed by atoms with E-state index >= 15 is 0 Å². The molecule has 1 unspecified atom stereocenters. The molecule has 3 nitrogen and oxygen atoms in total. The summed E-state index contributed by atoms with van der Waals surface area (Å²) in [5.41, 5.74) is 7.64. The second-order valence-electron chi connectivity index (χ2n) is 4.34. The monoisotopic (exact) mass is 338 g/mol.